The molecule has 0 aliphatic rings. The SMILES string of the molecule is CCN(CC(C)(C)O)C(=O)c1cc(I)c[nH]1. The Bertz CT molecular complexity index is 368. The van der Waals surface area contributed by atoms with Gasteiger partial charge < -0.3 is 15.0 Å². The van der Waals surface area contributed by atoms with Crippen molar-refractivity contribution < 1.29 is 9.90 Å². The fourth-order valence-corrected chi connectivity index (χ4v) is 1.92. The van der Waals surface area contributed by atoms with E-state index < -0.39 is 5.60 Å². The van der Waals surface area contributed by atoms with E-state index in [2.05, 4.69) is 27.6 Å². The Kier molecular flexibility index (Phi) is 4.37. The molecular weight excluding hydrogens is 319 g/mol. The van der Waals surface area contributed by atoms with Gasteiger partial charge in [0.05, 0.1) is 5.60 Å². The van der Waals surface area contributed by atoms with E-state index in [0.717, 1.165) is 3.57 Å². The molecule has 0 radical (unpaired) electrons. The minimum absolute atomic E-state index is 0.0764. The summed E-state index contributed by atoms with van der Waals surface area (Å²) in [6, 6.07) is 1.80. The summed E-state index contributed by atoms with van der Waals surface area (Å²) in [6.07, 6.45) is 1.78. The summed E-state index contributed by atoms with van der Waals surface area (Å²) in [4.78, 5) is 16.6. The average molecular weight is 336 g/mol. The molecule has 0 unspecified atom stereocenters. The van der Waals surface area contributed by atoms with E-state index >= 15 is 0 Å². The van der Waals surface area contributed by atoms with Gasteiger partial charge in [-0.25, -0.2) is 0 Å². The highest BCUT2D eigenvalue weighted by atomic mass is 127. The Balaban J connectivity index is 2.78. The second-order valence-corrected chi connectivity index (χ2v) is 5.61. The van der Waals surface area contributed by atoms with Gasteiger partial charge in [0.15, 0.2) is 0 Å². The highest BCUT2D eigenvalue weighted by Gasteiger charge is 2.22. The zero-order valence-electron chi connectivity index (χ0n) is 9.75. The number of nitrogens with zero attached hydrogens (tertiary/aromatic N) is 1. The van der Waals surface area contributed by atoms with Crippen LogP contribution in [0.5, 0.6) is 0 Å². The number of likely N-dealkylation sites (N-methyl/N-ethyl adjacent to an activating group) is 1. The van der Waals surface area contributed by atoms with Gasteiger partial charge in [0.25, 0.3) is 5.91 Å². The van der Waals surface area contributed by atoms with Gasteiger partial charge in [0.1, 0.15) is 5.69 Å². The Morgan fingerprint density at radius 2 is 2.25 bits per heavy atom. The summed E-state index contributed by atoms with van der Waals surface area (Å²) in [5, 5.41) is 9.71. The zero-order chi connectivity index (χ0) is 12.3. The third kappa shape index (κ3) is 3.79. The van der Waals surface area contributed by atoms with Gasteiger partial charge in [-0.15, -0.1) is 0 Å². The van der Waals surface area contributed by atoms with Crippen LogP contribution in [0.3, 0.4) is 0 Å². The Morgan fingerprint density at radius 3 is 2.62 bits per heavy atom. The summed E-state index contributed by atoms with van der Waals surface area (Å²) < 4.78 is 1.00. The van der Waals surface area contributed by atoms with Crippen LogP contribution in [0.2, 0.25) is 0 Å². The maximum atomic E-state index is 12.0. The molecule has 0 aliphatic carbocycles. The Morgan fingerprint density at radius 1 is 1.62 bits per heavy atom. The molecule has 0 aliphatic heterocycles. The van der Waals surface area contributed by atoms with E-state index in [4.69, 9.17) is 0 Å². The number of halogens is 1. The van der Waals surface area contributed by atoms with E-state index in [1.54, 1.807) is 31.0 Å². The highest BCUT2D eigenvalue weighted by molar-refractivity contribution is 14.1. The number of carbonyl (C=O) groups is 1. The van der Waals surface area contributed by atoms with Crippen LogP contribution >= 0.6 is 22.6 Å². The molecule has 0 bridgehead atoms. The quantitative estimate of drug-likeness (QED) is 0.825. The van der Waals surface area contributed by atoms with Crippen molar-refractivity contribution in [3.8, 4) is 0 Å². The zero-order valence-corrected chi connectivity index (χ0v) is 11.9. The topological polar surface area (TPSA) is 56.3 Å². The van der Waals surface area contributed by atoms with Crippen LogP contribution in [0.4, 0.5) is 0 Å². The van der Waals surface area contributed by atoms with Crippen molar-refractivity contribution in [1.29, 1.82) is 0 Å². The molecule has 5 heteroatoms. The molecule has 0 aromatic carbocycles. The van der Waals surface area contributed by atoms with Crippen molar-refractivity contribution >= 4 is 28.5 Å². The summed E-state index contributed by atoms with van der Waals surface area (Å²) in [5.74, 6) is -0.0764. The number of nitrogens with one attached hydrogen (secondary N) is 1. The van der Waals surface area contributed by atoms with Crippen LogP contribution in [0, 0.1) is 3.57 Å². The standard InChI is InChI=1S/C11H17IN2O2/c1-4-14(7-11(2,3)16)10(15)9-5-8(12)6-13-9/h5-6,13,16H,4,7H2,1-3H3. The van der Waals surface area contributed by atoms with Crippen molar-refractivity contribution in [3.63, 3.8) is 0 Å². The molecule has 0 saturated carbocycles. The minimum atomic E-state index is -0.870. The van der Waals surface area contributed by atoms with Gasteiger partial charge in [-0.2, -0.15) is 0 Å². The number of aromatic nitrogens is 1. The number of carbonyl (C=O) groups excluding carboxylic acids is 1. The van der Waals surface area contributed by atoms with Gasteiger partial charge >= 0.3 is 0 Å². The lowest BCUT2D eigenvalue weighted by atomic mass is 10.1. The van der Waals surface area contributed by atoms with Gasteiger partial charge in [0, 0.05) is 22.9 Å². The van der Waals surface area contributed by atoms with Crippen LogP contribution in [-0.2, 0) is 0 Å². The average Bonchev–Trinajstić information content (AvgIpc) is 2.58. The van der Waals surface area contributed by atoms with Crippen molar-refractivity contribution in [2.24, 2.45) is 0 Å². The summed E-state index contributed by atoms with van der Waals surface area (Å²) >= 11 is 2.15. The predicted octanol–water partition coefficient (Wildman–Crippen LogP) is 1.85. The summed E-state index contributed by atoms with van der Waals surface area (Å²) in [6.45, 7) is 6.21. The highest BCUT2D eigenvalue weighted by Crippen LogP contribution is 2.11. The maximum absolute atomic E-state index is 12.0. The molecule has 0 atom stereocenters. The van der Waals surface area contributed by atoms with Crippen LogP contribution in [0.1, 0.15) is 31.3 Å². The normalized spacial score (nSPS) is 11.6. The minimum Gasteiger partial charge on any atom is -0.389 e. The van der Waals surface area contributed by atoms with Crippen molar-refractivity contribution in [1.82, 2.24) is 9.88 Å². The van der Waals surface area contributed by atoms with Crippen LogP contribution in [0.15, 0.2) is 12.3 Å². The predicted molar refractivity (Wildman–Crippen MR) is 71.4 cm³/mol. The molecule has 0 saturated heterocycles. The Labute approximate surface area is 109 Å². The molecule has 90 valence electrons. The van der Waals surface area contributed by atoms with Crippen molar-refractivity contribution in [3.05, 3.63) is 21.5 Å². The molecule has 0 fully saturated rings. The second-order valence-electron chi connectivity index (χ2n) is 4.36. The van der Waals surface area contributed by atoms with E-state index in [1.165, 1.54) is 0 Å². The molecule has 0 spiro atoms. The molecule has 1 heterocycles. The lowest BCUT2D eigenvalue weighted by Crippen LogP contribution is -2.42. The number of aromatic amines is 1. The van der Waals surface area contributed by atoms with E-state index in [0.29, 0.717) is 18.8 Å². The molecule has 4 nitrogen and oxygen atoms in total. The van der Waals surface area contributed by atoms with E-state index in [9.17, 15) is 9.90 Å². The van der Waals surface area contributed by atoms with Gasteiger partial charge in [0.2, 0.25) is 0 Å². The molecule has 1 rings (SSSR count). The summed E-state index contributed by atoms with van der Waals surface area (Å²) in [5.41, 5.74) is -0.304. The fraction of sp³-hybridized carbons (Fsp3) is 0.545. The first-order valence-corrected chi connectivity index (χ1v) is 6.27. The number of H-pyrrole nitrogens is 1. The molecule has 1 aromatic heterocycles. The molecule has 1 amide bonds. The number of aliphatic hydroxyl groups is 1. The monoisotopic (exact) mass is 336 g/mol. The van der Waals surface area contributed by atoms with Crippen LogP contribution in [-0.4, -0.2) is 39.6 Å². The molecular formula is C11H17IN2O2. The first-order chi connectivity index (χ1) is 7.33. The molecule has 1 aromatic rings. The van der Waals surface area contributed by atoms with Gasteiger partial charge in [-0.3, -0.25) is 4.79 Å². The molecule has 2 N–H and O–H groups in total. The lowest BCUT2D eigenvalue weighted by Gasteiger charge is -2.27. The van der Waals surface area contributed by atoms with Crippen molar-refractivity contribution in [2.75, 3.05) is 13.1 Å². The first-order valence-electron chi connectivity index (χ1n) is 5.19. The van der Waals surface area contributed by atoms with E-state index in [1.807, 2.05) is 6.92 Å². The second kappa shape index (κ2) is 5.18. The largest absolute Gasteiger partial charge is 0.389 e. The van der Waals surface area contributed by atoms with Crippen molar-refractivity contribution in [2.45, 2.75) is 26.4 Å². The third-order valence-electron chi connectivity index (χ3n) is 2.12. The Hall–Kier alpha value is -0.560. The maximum Gasteiger partial charge on any atom is 0.270 e. The number of hydrogen-bond acceptors (Lipinski definition) is 2. The van der Waals surface area contributed by atoms with E-state index in [-0.39, 0.29) is 5.91 Å². The third-order valence-corrected chi connectivity index (χ3v) is 2.75. The number of hydrogen-bond donors (Lipinski definition) is 2. The van der Waals surface area contributed by atoms with Gasteiger partial charge in [-0.1, -0.05) is 0 Å². The number of rotatable bonds is 4. The van der Waals surface area contributed by atoms with Crippen LogP contribution in [0.25, 0.3) is 0 Å². The van der Waals surface area contributed by atoms with Crippen LogP contribution < -0.4 is 0 Å². The molecule has 16 heavy (non-hydrogen) atoms. The first kappa shape index (κ1) is 13.5. The fourth-order valence-electron chi connectivity index (χ4n) is 1.46. The lowest BCUT2D eigenvalue weighted by molar-refractivity contribution is 0.0312. The smallest absolute Gasteiger partial charge is 0.270 e. The number of amides is 1. The van der Waals surface area contributed by atoms with Gasteiger partial charge in [-0.05, 0) is 49.4 Å². The summed E-state index contributed by atoms with van der Waals surface area (Å²) in [7, 11) is 0.